The van der Waals surface area contributed by atoms with Crippen LogP contribution >= 0.6 is 0 Å². The van der Waals surface area contributed by atoms with Crippen LogP contribution in [0.4, 0.5) is 13.2 Å². The molecule has 1 fully saturated rings. The first-order valence-electron chi connectivity index (χ1n) is 6.38. The molecule has 100 valence electrons. The zero-order valence-corrected chi connectivity index (χ0v) is 10.3. The minimum absolute atomic E-state index is 0.444. The second kappa shape index (κ2) is 4.92. The monoisotopic (exact) mass is 257 g/mol. The van der Waals surface area contributed by atoms with Crippen molar-refractivity contribution in [1.82, 2.24) is 0 Å². The fraction of sp³-hybridized carbons (Fsp3) is 0.571. The van der Waals surface area contributed by atoms with Crippen LogP contribution in [0.25, 0.3) is 0 Å². The van der Waals surface area contributed by atoms with Gasteiger partial charge in [-0.3, -0.25) is 0 Å². The first-order chi connectivity index (χ1) is 8.42. The van der Waals surface area contributed by atoms with E-state index in [4.69, 9.17) is 5.73 Å². The average Bonchev–Trinajstić information content (AvgIpc) is 2.54. The SMILES string of the molecule is NC1(c2ccc(C(F)(F)F)cc2)CCCCCC1. The fourth-order valence-electron chi connectivity index (χ4n) is 2.64. The van der Waals surface area contributed by atoms with Crippen LogP contribution in [0, 0.1) is 0 Å². The number of alkyl halides is 3. The lowest BCUT2D eigenvalue weighted by Gasteiger charge is -2.29. The molecule has 0 amide bonds. The van der Waals surface area contributed by atoms with Crippen molar-refractivity contribution in [2.45, 2.75) is 50.2 Å². The second-order valence-corrected chi connectivity index (χ2v) is 5.15. The Morgan fingerprint density at radius 2 is 1.39 bits per heavy atom. The Balaban J connectivity index is 2.22. The van der Waals surface area contributed by atoms with E-state index in [0.29, 0.717) is 0 Å². The van der Waals surface area contributed by atoms with Crippen LogP contribution in [0.2, 0.25) is 0 Å². The molecule has 1 aromatic carbocycles. The zero-order chi connectivity index (χ0) is 13.2. The highest BCUT2D eigenvalue weighted by Gasteiger charge is 2.32. The van der Waals surface area contributed by atoms with Gasteiger partial charge in [0.15, 0.2) is 0 Å². The molecule has 0 atom stereocenters. The van der Waals surface area contributed by atoms with Crippen molar-refractivity contribution in [3.63, 3.8) is 0 Å². The van der Waals surface area contributed by atoms with Crippen LogP contribution in [0.5, 0.6) is 0 Å². The van der Waals surface area contributed by atoms with Gasteiger partial charge in [0, 0.05) is 5.54 Å². The second-order valence-electron chi connectivity index (χ2n) is 5.15. The summed E-state index contributed by atoms with van der Waals surface area (Å²) in [4.78, 5) is 0. The van der Waals surface area contributed by atoms with Crippen molar-refractivity contribution >= 4 is 0 Å². The predicted octanol–water partition coefficient (Wildman–Crippen LogP) is 4.21. The van der Waals surface area contributed by atoms with Crippen LogP contribution in [0.15, 0.2) is 24.3 Å². The maximum atomic E-state index is 12.5. The molecule has 0 spiro atoms. The quantitative estimate of drug-likeness (QED) is 0.749. The Morgan fingerprint density at radius 1 is 0.889 bits per heavy atom. The molecule has 4 heteroatoms. The Bertz CT molecular complexity index is 386. The molecule has 0 aliphatic heterocycles. The van der Waals surface area contributed by atoms with Crippen LogP contribution in [0.3, 0.4) is 0 Å². The Hall–Kier alpha value is -1.03. The van der Waals surface area contributed by atoms with E-state index in [1.165, 1.54) is 25.0 Å². The molecule has 0 bridgehead atoms. The number of hydrogen-bond acceptors (Lipinski definition) is 1. The summed E-state index contributed by atoms with van der Waals surface area (Å²) in [7, 11) is 0. The van der Waals surface area contributed by atoms with Crippen molar-refractivity contribution in [2.75, 3.05) is 0 Å². The van der Waals surface area contributed by atoms with Crippen molar-refractivity contribution < 1.29 is 13.2 Å². The van der Waals surface area contributed by atoms with Gasteiger partial charge in [0.25, 0.3) is 0 Å². The molecule has 0 saturated heterocycles. The van der Waals surface area contributed by atoms with E-state index >= 15 is 0 Å². The molecule has 2 N–H and O–H groups in total. The minimum atomic E-state index is -4.27. The van der Waals surface area contributed by atoms with Gasteiger partial charge in [0.1, 0.15) is 0 Å². The first kappa shape index (κ1) is 13.4. The predicted molar refractivity (Wildman–Crippen MR) is 65.0 cm³/mol. The molecular formula is C14H18F3N. The smallest absolute Gasteiger partial charge is 0.321 e. The lowest BCUT2D eigenvalue weighted by Crippen LogP contribution is -2.36. The van der Waals surface area contributed by atoms with E-state index < -0.39 is 17.3 Å². The van der Waals surface area contributed by atoms with Gasteiger partial charge in [-0.15, -0.1) is 0 Å². The average molecular weight is 257 g/mol. The van der Waals surface area contributed by atoms with E-state index in [-0.39, 0.29) is 0 Å². The van der Waals surface area contributed by atoms with Crippen molar-refractivity contribution in [2.24, 2.45) is 5.73 Å². The highest BCUT2D eigenvalue weighted by atomic mass is 19.4. The number of nitrogens with two attached hydrogens (primary N) is 1. The van der Waals surface area contributed by atoms with Crippen molar-refractivity contribution in [3.8, 4) is 0 Å². The molecule has 0 radical (unpaired) electrons. The van der Waals surface area contributed by atoms with Crippen molar-refractivity contribution in [1.29, 1.82) is 0 Å². The molecule has 0 heterocycles. The third kappa shape index (κ3) is 2.86. The Labute approximate surface area is 105 Å². The maximum Gasteiger partial charge on any atom is 0.416 e. The van der Waals surface area contributed by atoms with Gasteiger partial charge in [-0.2, -0.15) is 13.2 Å². The van der Waals surface area contributed by atoms with Crippen LogP contribution in [-0.2, 0) is 11.7 Å². The normalized spacial score (nSPS) is 20.4. The minimum Gasteiger partial charge on any atom is -0.321 e. The van der Waals surface area contributed by atoms with E-state index in [9.17, 15) is 13.2 Å². The number of benzene rings is 1. The van der Waals surface area contributed by atoms with Gasteiger partial charge >= 0.3 is 6.18 Å². The standard InChI is InChI=1S/C14H18F3N/c15-14(16,17)12-7-5-11(6-8-12)13(18)9-3-1-2-4-10-13/h5-8H,1-4,9-10,18H2. The molecule has 1 aromatic rings. The van der Waals surface area contributed by atoms with Gasteiger partial charge in [-0.1, -0.05) is 37.8 Å². The highest BCUT2D eigenvalue weighted by Crippen LogP contribution is 2.35. The molecule has 0 aromatic heterocycles. The Morgan fingerprint density at radius 3 is 1.83 bits per heavy atom. The summed E-state index contributed by atoms with van der Waals surface area (Å²) in [5.74, 6) is 0. The van der Waals surface area contributed by atoms with E-state index in [1.54, 1.807) is 0 Å². The first-order valence-corrected chi connectivity index (χ1v) is 6.38. The number of hydrogen-bond donors (Lipinski definition) is 1. The van der Waals surface area contributed by atoms with Crippen molar-refractivity contribution in [3.05, 3.63) is 35.4 Å². The van der Waals surface area contributed by atoms with Gasteiger partial charge in [-0.05, 0) is 30.5 Å². The van der Waals surface area contributed by atoms with Crippen LogP contribution < -0.4 is 5.73 Å². The van der Waals surface area contributed by atoms with Gasteiger partial charge in [0.2, 0.25) is 0 Å². The molecule has 1 saturated carbocycles. The molecule has 0 unspecified atom stereocenters. The highest BCUT2D eigenvalue weighted by molar-refractivity contribution is 5.29. The summed E-state index contributed by atoms with van der Waals surface area (Å²) in [5, 5.41) is 0. The molecule has 1 aliphatic rings. The number of halogens is 3. The fourth-order valence-corrected chi connectivity index (χ4v) is 2.64. The lowest BCUT2D eigenvalue weighted by atomic mass is 9.83. The van der Waals surface area contributed by atoms with E-state index in [2.05, 4.69) is 0 Å². The summed E-state index contributed by atoms with van der Waals surface area (Å²) in [6, 6.07) is 5.34. The molecule has 1 aliphatic carbocycles. The van der Waals surface area contributed by atoms with Gasteiger partial charge in [-0.25, -0.2) is 0 Å². The van der Waals surface area contributed by atoms with E-state index in [1.807, 2.05) is 0 Å². The lowest BCUT2D eigenvalue weighted by molar-refractivity contribution is -0.137. The molecule has 18 heavy (non-hydrogen) atoms. The topological polar surface area (TPSA) is 26.0 Å². The Kier molecular flexibility index (Phi) is 3.66. The number of rotatable bonds is 1. The molecular weight excluding hydrogens is 239 g/mol. The van der Waals surface area contributed by atoms with Crippen LogP contribution in [0.1, 0.15) is 49.7 Å². The summed E-state index contributed by atoms with van der Waals surface area (Å²) >= 11 is 0. The molecule has 1 nitrogen and oxygen atoms in total. The van der Waals surface area contributed by atoms with E-state index in [0.717, 1.165) is 43.4 Å². The summed E-state index contributed by atoms with van der Waals surface area (Å²) in [6.07, 6.45) is 1.88. The van der Waals surface area contributed by atoms with Gasteiger partial charge < -0.3 is 5.73 Å². The molecule has 2 rings (SSSR count). The zero-order valence-electron chi connectivity index (χ0n) is 10.3. The third-order valence-corrected chi connectivity index (χ3v) is 3.78. The largest absolute Gasteiger partial charge is 0.416 e. The summed E-state index contributed by atoms with van der Waals surface area (Å²) in [6.45, 7) is 0. The maximum absolute atomic E-state index is 12.5. The summed E-state index contributed by atoms with van der Waals surface area (Å²) < 4.78 is 37.5. The van der Waals surface area contributed by atoms with Crippen LogP contribution in [-0.4, -0.2) is 0 Å². The summed E-state index contributed by atoms with van der Waals surface area (Å²) in [5.41, 5.74) is 6.14. The third-order valence-electron chi connectivity index (χ3n) is 3.78. The van der Waals surface area contributed by atoms with Gasteiger partial charge in [0.05, 0.1) is 5.56 Å².